The normalized spacial score (nSPS) is 14.0. The van der Waals surface area contributed by atoms with Gasteiger partial charge in [0.1, 0.15) is 0 Å². The van der Waals surface area contributed by atoms with Gasteiger partial charge in [-0.25, -0.2) is 4.79 Å². The highest BCUT2D eigenvalue weighted by atomic mass is 35.5. The number of Topliss-reactive ketones (excluding diaryl/α,β-unsaturated/α-hetero) is 1. The Kier molecular flexibility index (Phi) is 4.48. The Morgan fingerprint density at radius 2 is 1.82 bits per heavy atom. The largest absolute Gasteiger partial charge is 0.336 e. The van der Waals surface area contributed by atoms with Crippen LogP contribution in [-0.2, 0) is 13.0 Å². The molecule has 0 spiro atoms. The smallest absolute Gasteiger partial charge is 0.318 e. The Bertz CT molecular complexity index is 1350. The predicted octanol–water partition coefficient (Wildman–Crippen LogP) is 2.37. The van der Waals surface area contributed by atoms with E-state index in [1.165, 1.54) is 4.57 Å². The van der Waals surface area contributed by atoms with E-state index >= 15 is 0 Å². The minimum atomic E-state index is -0.323. The number of nitrogens with zero attached hydrogens (tertiary/aromatic N) is 2. The second-order valence-electron chi connectivity index (χ2n) is 7.14. The van der Waals surface area contributed by atoms with Gasteiger partial charge < -0.3 is 5.32 Å². The van der Waals surface area contributed by atoms with Crippen molar-refractivity contribution in [3.63, 3.8) is 0 Å². The molecule has 2 aromatic heterocycles. The molecule has 1 aliphatic rings. The molecule has 2 aromatic carbocycles. The zero-order chi connectivity index (χ0) is 18.7. The fourth-order valence-corrected chi connectivity index (χ4v) is 4.46. The van der Waals surface area contributed by atoms with Crippen molar-refractivity contribution in [2.75, 3.05) is 13.6 Å². The molecule has 28 heavy (non-hydrogen) atoms. The summed E-state index contributed by atoms with van der Waals surface area (Å²) in [7, 11) is 1.79. The van der Waals surface area contributed by atoms with E-state index < -0.39 is 0 Å². The average molecular weight is 398 g/mol. The van der Waals surface area contributed by atoms with E-state index in [2.05, 4.69) is 5.32 Å². The van der Waals surface area contributed by atoms with Gasteiger partial charge in [0.15, 0.2) is 5.78 Å². The number of ketones is 1. The molecular formula is C21H20ClN3O3. The SMILES string of the molecule is CNCCn1c(=O)c2cccc3c4c5c(ccc4n(c1=O)c23)C(=O)CCC5.Cl. The number of halogens is 1. The summed E-state index contributed by atoms with van der Waals surface area (Å²) >= 11 is 0. The summed E-state index contributed by atoms with van der Waals surface area (Å²) in [6.45, 7) is 0.846. The second kappa shape index (κ2) is 6.72. The number of para-hydroxylation sites is 1. The summed E-state index contributed by atoms with van der Waals surface area (Å²) in [6.07, 6.45) is 2.20. The van der Waals surface area contributed by atoms with Crippen molar-refractivity contribution in [3.05, 3.63) is 62.3 Å². The van der Waals surface area contributed by atoms with Gasteiger partial charge in [-0.1, -0.05) is 12.1 Å². The summed E-state index contributed by atoms with van der Waals surface area (Å²) in [5.74, 6) is 0.156. The van der Waals surface area contributed by atoms with Crippen LogP contribution in [0.1, 0.15) is 28.8 Å². The summed E-state index contributed by atoms with van der Waals surface area (Å²) < 4.78 is 2.94. The monoisotopic (exact) mass is 397 g/mol. The predicted molar refractivity (Wildman–Crippen MR) is 113 cm³/mol. The van der Waals surface area contributed by atoms with Crippen molar-refractivity contribution in [2.45, 2.75) is 25.8 Å². The van der Waals surface area contributed by atoms with Crippen molar-refractivity contribution in [1.82, 2.24) is 14.3 Å². The first-order valence-corrected chi connectivity index (χ1v) is 9.26. The zero-order valence-electron chi connectivity index (χ0n) is 15.4. The summed E-state index contributed by atoms with van der Waals surface area (Å²) in [5.41, 5.74) is 2.61. The number of aromatic nitrogens is 2. The van der Waals surface area contributed by atoms with Gasteiger partial charge in [-0.15, -0.1) is 12.4 Å². The zero-order valence-corrected chi connectivity index (χ0v) is 16.3. The van der Waals surface area contributed by atoms with Crippen LogP contribution in [0.5, 0.6) is 0 Å². The average Bonchev–Trinajstić information content (AvgIpc) is 3.02. The van der Waals surface area contributed by atoms with Crippen LogP contribution < -0.4 is 16.6 Å². The van der Waals surface area contributed by atoms with E-state index in [-0.39, 0.29) is 29.4 Å². The summed E-state index contributed by atoms with van der Waals surface area (Å²) in [4.78, 5) is 38.5. The van der Waals surface area contributed by atoms with Crippen LogP contribution in [0.2, 0.25) is 0 Å². The van der Waals surface area contributed by atoms with Crippen LogP contribution in [0.4, 0.5) is 0 Å². The molecule has 7 heteroatoms. The third kappa shape index (κ3) is 2.34. The molecule has 4 aromatic rings. The molecule has 5 rings (SSSR count). The van der Waals surface area contributed by atoms with Gasteiger partial charge in [-0.2, -0.15) is 0 Å². The van der Waals surface area contributed by atoms with Crippen molar-refractivity contribution < 1.29 is 4.79 Å². The Hall–Kier alpha value is -2.70. The maximum absolute atomic E-state index is 13.2. The topological polar surface area (TPSA) is 72.6 Å². The van der Waals surface area contributed by atoms with Crippen LogP contribution in [-0.4, -0.2) is 28.3 Å². The van der Waals surface area contributed by atoms with Gasteiger partial charge in [0.05, 0.1) is 16.4 Å². The Morgan fingerprint density at radius 3 is 2.61 bits per heavy atom. The molecule has 0 bridgehead atoms. The number of aryl methyl sites for hydroxylation is 1. The minimum absolute atomic E-state index is 0. The molecular weight excluding hydrogens is 378 g/mol. The van der Waals surface area contributed by atoms with Gasteiger partial charge in [0.25, 0.3) is 5.56 Å². The van der Waals surface area contributed by atoms with E-state index in [1.54, 1.807) is 17.5 Å². The number of hydrogen-bond acceptors (Lipinski definition) is 4. The van der Waals surface area contributed by atoms with Crippen molar-refractivity contribution in [2.24, 2.45) is 0 Å². The van der Waals surface area contributed by atoms with Crippen molar-refractivity contribution >= 4 is 45.4 Å². The van der Waals surface area contributed by atoms with E-state index in [9.17, 15) is 14.4 Å². The van der Waals surface area contributed by atoms with Gasteiger partial charge in [0.2, 0.25) is 0 Å². The Balaban J connectivity index is 0.00000192. The van der Waals surface area contributed by atoms with E-state index in [0.29, 0.717) is 30.4 Å². The van der Waals surface area contributed by atoms with Gasteiger partial charge in [-0.3, -0.25) is 18.6 Å². The third-order valence-corrected chi connectivity index (χ3v) is 5.67. The molecule has 0 atom stereocenters. The molecule has 1 N–H and O–H groups in total. The molecule has 144 valence electrons. The van der Waals surface area contributed by atoms with Crippen LogP contribution in [0.25, 0.3) is 27.2 Å². The number of nitrogens with one attached hydrogen (secondary N) is 1. The molecule has 0 saturated heterocycles. The summed E-state index contributed by atoms with van der Waals surface area (Å²) in [5, 5.41) is 5.34. The lowest BCUT2D eigenvalue weighted by molar-refractivity contribution is 0.0973. The standard InChI is InChI=1S/C21H19N3O3.ClH/c1-22-10-11-23-20(26)15-6-2-5-14-18-13-4-3-7-17(25)12(13)8-9-16(18)24(19(14)15)21(23)27;/h2,5-6,8-9,22H,3-4,7,10-11H2,1H3;1H. The number of carbonyl (C=O) groups excluding carboxylic acids is 1. The molecule has 0 unspecified atom stereocenters. The number of likely N-dealkylation sites (N-methyl/N-ethyl adjacent to an activating group) is 1. The Morgan fingerprint density at radius 1 is 1.04 bits per heavy atom. The molecule has 0 amide bonds. The van der Waals surface area contributed by atoms with E-state index in [1.807, 2.05) is 24.3 Å². The first kappa shape index (κ1) is 18.7. The highest BCUT2D eigenvalue weighted by Crippen LogP contribution is 2.36. The maximum atomic E-state index is 13.2. The highest BCUT2D eigenvalue weighted by molar-refractivity contribution is 6.17. The van der Waals surface area contributed by atoms with Gasteiger partial charge in [-0.05, 0) is 43.7 Å². The van der Waals surface area contributed by atoms with Crippen LogP contribution in [0.15, 0.2) is 39.9 Å². The first-order valence-electron chi connectivity index (χ1n) is 9.26. The van der Waals surface area contributed by atoms with Crippen LogP contribution in [0, 0.1) is 0 Å². The van der Waals surface area contributed by atoms with E-state index in [4.69, 9.17) is 0 Å². The maximum Gasteiger partial charge on any atom is 0.336 e. The fourth-order valence-electron chi connectivity index (χ4n) is 4.46. The molecule has 6 nitrogen and oxygen atoms in total. The van der Waals surface area contributed by atoms with Gasteiger partial charge >= 0.3 is 5.69 Å². The lowest BCUT2D eigenvalue weighted by Crippen LogP contribution is -2.39. The number of rotatable bonds is 3. The quantitative estimate of drug-likeness (QED) is 0.576. The second-order valence-corrected chi connectivity index (χ2v) is 7.14. The fraction of sp³-hybridized carbons (Fsp3) is 0.286. The molecule has 2 heterocycles. The van der Waals surface area contributed by atoms with Gasteiger partial charge in [0, 0.05) is 35.8 Å². The molecule has 1 aliphatic carbocycles. The summed E-state index contributed by atoms with van der Waals surface area (Å²) in [6, 6.07) is 9.26. The molecule has 0 saturated carbocycles. The number of hydrogen-bond donors (Lipinski definition) is 1. The Labute approximate surface area is 166 Å². The first-order chi connectivity index (χ1) is 13.1. The third-order valence-electron chi connectivity index (χ3n) is 5.67. The molecule has 0 aliphatic heterocycles. The van der Waals surface area contributed by atoms with Crippen molar-refractivity contribution in [1.29, 1.82) is 0 Å². The highest BCUT2D eigenvalue weighted by Gasteiger charge is 2.25. The number of carbonyl (C=O) groups is 1. The lowest BCUT2D eigenvalue weighted by atomic mass is 9.87. The lowest BCUT2D eigenvalue weighted by Gasteiger charge is -2.15. The van der Waals surface area contributed by atoms with Crippen molar-refractivity contribution in [3.8, 4) is 0 Å². The van der Waals surface area contributed by atoms with Crippen LogP contribution >= 0.6 is 12.4 Å². The number of fused-ring (bicyclic) bond motifs is 5. The molecule has 0 radical (unpaired) electrons. The number of benzene rings is 2. The molecule has 0 fully saturated rings. The minimum Gasteiger partial charge on any atom is -0.318 e. The van der Waals surface area contributed by atoms with Crippen LogP contribution in [0.3, 0.4) is 0 Å². The van der Waals surface area contributed by atoms with E-state index in [0.717, 1.165) is 40.3 Å².